The van der Waals surface area contributed by atoms with Gasteiger partial charge in [-0.1, -0.05) is 44.9 Å². The highest BCUT2D eigenvalue weighted by Gasteiger charge is 2.45. The standard InChI is InChI=1S/C16H29NO/c18-16(10-6-3-7-11-16)14-17-12-15(13-17)8-4-1-2-5-9-15/h18H,1-14H2. The molecule has 1 aliphatic heterocycles. The summed E-state index contributed by atoms with van der Waals surface area (Å²) in [4.78, 5) is 2.54. The third-order valence-electron chi connectivity index (χ3n) is 5.58. The van der Waals surface area contributed by atoms with Gasteiger partial charge in [0.05, 0.1) is 5.60 Å². The number of aliphatic hydroxyl groups is 1. The summed E-state index contributed by atoms with van der Waals surface area (Å²) in [7, 11) is 0. The third kappa shape index (κ3) is 2.75. The summed E-state index contributed by atoms with van der Waals surface area (Å²) in [6, 6.07) is 0. The van der Waals surface area contributed by atoms with E-state index in [1.807, 2.05) is 0 Å². The largest absolute Gasteiger partial charge is 0.389 e. The third-order valence-corrected chi connectivity index (χ3v) is 5.58. The van der Waals surface area contributed by atoms with Gasteiger partial charge in [0, 0.05) is 19.6 Å². The van der Waals surface area contributed by atoms with Gasteiger partial charge in [0.2, 0.25) is 0 Å². The molecule has 1 spiro atoms. The molecule has 2 aliphatic carbocycles. The first-order valence-corrected chi connectivity index (χ1v) is 8.15. The van der Waals surface area contributed by atoms with E-state index in [1.54, 1.807) is 0 Å². The summed E-state index contributed by atoms with van der Waals surface area (Å²) in [5.41, 5.74) is 0.312. The molecule has 1 heterocycles. The van der Waals surface area contributed by atoms with E-state index in [0.29, 0.717) is 5.41 Å². The molecule has 3 fully saturated rings. The van der Waals surface area contributed by atoms with Gasteiger partial charge in [-0.15, -0.1) is 0 Å². The molecule has 0 unspecified atom stereocenters. The van der Waals surface area contributed by atoms with Gasteiger partial charge in [0.25, 0.3) is 0 Å². The Hall–Kier alpha value is -0.0800. The van der Waals surface area contributed by atoms with Crippen LogP contribution < -0.4 is 0 Å². The van der Waals surface area contributed by atoms with Crippen LogP contribution in [-0.2, 0) is 0 Å². The highest BCUT2D eigenvalue weighted by Crippen LogP contribution is 2.44. The van der Waals surface area contributed by atoms with E-state index >= 15 is 0 Å². The van der Waals surface area contributed by atoms with Crippen molar-refractivity contribution in [2.24, 2.45) is 5.41 Å². The summed E-state index contributed by atoms with van der Waals surface area (Å²) in [5, 5.41) is 10.6. The van der Waals surface area contributed by atoms with Gasteiger partial charge in [-0.3, -0.25) is 4.90 Å². The lowest BCUT2D eigenvalue weighted by atomic mass is 9.72. The Morgan fingerprint density at radius 1 is 0.722 bits per heavy atom. The zero-order valence-electron chi connectivity index (χ0n) is 11.8. The quantitative estimate of drug-likeness (QED) is 0.813. The van der Waals surface area contributed by atoms with Crippen molar-refractivity contribution in [1.29, 1.82) is 0 Å². The highest BCUT2D eigenvalue weighted by atomic mass is 16.3. The molecule has 0 radical (unpaired) electrons. The lowest BCUT2D eigenvalue weighted by molar-refractivity contribution is -0.0869. The minimum absolute atomic E-state index is 0.343. The van der Waals surface area contributed by atoms with Gasteiger partial charge in [-0.2, -0.15) is 0 Å². The van der Waals surface area contributed by atoms with Gasteiger partial charge in [0.15, 0.2) is 0 Å². The lowest BCUT2D eigenvalue weighted by Gasteiger charge is -2.53. The van der Waals surface area contributed by atoms with Gasteiger partial charge < -0.3 is 5.11 Å². The van der Waals surface area contributed by atoms with Crippen molar-refractivity contribution in [3.63, 3.8) is 0 Å². The Morgan fingerprint density at radius 3 is 1.83 bits per heavy atom. The topological polar surface area (TPSA) is 23.5 Å². The van der Waals surface area contributed by atoms with Crippen LogP contribution in [0, 0.1) is 5.41 Å². The van der Waals surface area contributed by atoms with Crippen molar-refractivity contribution in [2.75, 3.05) is 19.6 Å². The number of β-amino-alcohol motifs (C(OH)–C–C–N with tert-alkyl or cyclic N) is 1. The summed E-state index contributed by atoms with van der Waals surface area (Å²) in [5.74, 6) is 0. The predicted octanol–water partition coefficient (Wildman–Crippen LogP) is 3.34. The van der Waals surface area contributed by atoms with Crippen LogP contribution in [0.2, 0.25) is 0 Å². The molecule has 0 amide bonds. The Labute approximate surface area is 112 Å². The average molecular weight is 251 g/mol. The van der Waals surface area contributed by atoms with Crippen LogP contribution in [0.1, 0.15) is 70.6 Å². The molecule has 0 atom stereocenters. The van der Waals surface area contributed by atoms with Crippen LogP contribution in [0.5, 0.6) is 0 Å². The Kier molecular flexibility index (Phi) is 3.68. The van der Waals surface area contributed by atoms with Crippen molar-refractivity contribution in [1.82, 2.24) is 4.90 Å². The minimum Gasteiger partial charge on any atom is -0.389 e. The van der Waals surface area contributed by atoms with E-state index in [0.717, 1.165) is 19.4 Å². The van der Waals surface area contributed by atoms with Crippen molar-refractivity contribution in [2.45, 2.75) is 76.2 Å². The van der Waals surface area contributed by atoms with Gasteiger partial charge in [-0.05, 0) is 31.1 Å². The van der Waals surface area contributed by atoms with Gasteiger partial charge in [-0.25, -0.2) is 0 Å². The first kappa shape index (κ1) is 12.9. The summed E-state index contributed by atoms with van der Waals surface area (Å²) in [6.45, 7) is 3.50. The molecule has 3 rings (SSSR count). The summed E-state index contributed by atoms with van der Waals surface area (Å²) >= 11 is 0. The molecule has 2 saturated carbocycles. The second-order valence-corrected chi connectivity index (χ2v) is 7.34. The molecule has 1 saturated heterocycles. The molecule has 0 bridgehead atoms. The Balaban J connectivity index is 1.49. The maximum atomic E-state index is 10.6. The van der Waals surface area contributed by atoms with Crippen LogP contribution >= 0.6 is 0 Å². The monoisotopic (exact) mass is 251 g/mol. The van der Waals surface area contributed by atoms with Crippen molar-refractivity contribution >= 4 is 0 Å². The first-order chi connectivity index (χ1) is 8.70. The fraction of sp³-hybridized carbons (Fsp3) is 1.00. The van der Waals surface area contributed by atoms with Crippen molar-refractivity contribution in [3.05, 3.63) is 0 Å². The molecule has 0 aromatic heterocycles. The molecular formula is C16H29NO. The van der Waals surface area contributed by atoms with E-state index < -0.39 is 0 Å². The molecule has 1 N–H and O–H groups in total. The fourth-order valence-electron chi connectivity index (χ4n) is 4.59. The molecule has 18 heavy (non-hydrogen) atoms. The average Bonchev–Trinajstić information content (AvgIpc) is 2.55. The number of likely N-dealkylation sites (tertiary alicyclic amines) is 1. The van der Waals surface area contributed by atoms with Crippen LogP contribution in [0.15, 0.2) is 0 Å². The van der Waals surface area contributed by atoms with Crippen LogP contribution in [0.4, 0.5) is 0 Å². The predicted molar refractivity (Wildman–Crippen MR) is 74.6 cm³/mol. The zero-order valence-corrected chi connectivity index (χ0v) is 11.8. The molecule has 0 aromatic carbocycles. The number of nitrogens with zero attached hydrogens (tertiary/aromatic N) is 1. The Morgan fingerprint density at radius 2 is 1.22 bits per heavy atom. The summed E-state index contributed by atoms with van der Waals surface area (Å²) < 4.78 is 0. The van der Waals surface area contributed by atoms with Gasteiger partial charge >= 0.3 is 0 Å². The molecule has 3 aliphatic rings. The maximum Gasteiger partial charge on any atom is 0.0774 e. The summed E-state index contributed by atoms with van der Waals surface area (Å²) in [6.07, 6.45) is 14.5. The minimum atomic E-state index is -0.343. The van der Waals surface area contributed by atoms with Crippen LogP contribution in [0.25, 0.3) is 0 Å². The first-order valence-electron chi connectivity index (χ1n) is 8.15. The second-order valence-electron chi connectivity index (χ2n) is 7.34. The van der Waals surface area contributed by atoms with E-state index in [-0.39, 0.29) is 5.60 Å². The van der Waals surface area contributed by atoms with E-state index in [2.05, 4.69) is 4.90 Å². The number of hydrogen-bond donors (Lipinski definition) is 1. The van der Waals surface area contributed by atoms with Crippen LogP contribution in [-0.4, -0.2) is 35.2 Å². The second kappa shape index (κ2) is 5.13. The van der Waals surface area contributed by atoms with Crippen molar-refractivity contribution in [3.8, 4) is 0 Å². The number of hydrogen-bond acceptors (Lipinski definition) is 2. The smallest absolute Gasteiger partial charge is 0.0774 e. The molecule has 2 heteroatoms. The molecular weight excluding hydrogens is 222 g/mol. The van der Waals surface area contributed by atoms with Gasteiger partial charge in [0.1, 0.15) is 0 Å². The number of rotatable bonds is 2. The normalized spacial score (nSPS) is 31.8. The zero-order chi connectivity index (χ0) is 12.5. The highest BCUT2D eigenvalue weighted by molar-refractivity contribution is 4.98. The fourth-order valence-corrected chi connectivity index (χ4v) is 4.59. The maximum absolute atomic E-state index is 10.6. The molecule has 2 nitrogen and oxygen atoms in total. The van der Waals surface area contributed by atoms with Crippen molar-refractivity contribution < 1.29 is 5.11 Å². The molecule has 0 aromatic rings. The van der Waals surface area contributed by atoms with E-state index in [4.69, 9.17) is 0 Å². The molecule has 104 valence electrons. The SMILES string of the molecule is OC1(CN2CC3(CCCCCC3)C2)CCCCC1. The lowest BCUT2D eigenvalue weighted by Crippen LogP contribution is -2.60. The van der Waals surface area contributed by atoms with E-state index in [9.17, 15) is 5.11 Å². The Bertz CT molecular complexity index is 267. The van der Waals surface area contributed by atoms with Crippen LogP contribution in [0.3, 0.4) is 0 Å². The van der Waals surface area contributed by atoms with E-state index in [1.165, 1.54) is 70.9 Å².